The normalized spacial score (nSPS) is 12.9. The Hall–Kier alpha value is -0.740. The van der Waals surface area contributed by atoms with Crippen LogP contribution in [0.15, 0.2) is 21.5 Å². The fraction of sp³-hybridized carbons (Fsp3) is 0.333. The lowest BCUT2D eigenvalue weighted by Gasteiger charge is -2.16. The summed E-state index contributed by atoms with van der Waals surface area (Å²) in [6, 6.07) is 2.50. The molecule has 7 heteroatoms. The van der Waals surface area contributed by atoms with Crippen molar-refractivity contribution < 1.29 is 8.42 Å². The first-order chi connectivity index (χ1) is 8.81. The van der Waals surface area contributed by atoms with Crippen LogP contribution in [0.5, 0.6) is 0 Å². The molecule has 3 N–H and O–H groups in total. The van der Waals surface area contributed by atoms with Gasteiger partial charge in [-0.1, -0.05) is 18.5 Å². The molecule has 0 aliphatic rings. The Morgan fingerprint density at radius 1 is 1.58 bits per heavy atom. The zero-order valence-electron chi connectivity index (χ0n) is 10.3. The van der Waals surface area contributed by atoms with E-state index in [4.69, 9.17) is 23.8 Å². The molecule has 0 bridgehead atoms. The predicted octanol–water partition coefficient (Wildman–Crippen LogP) is 2.76. The highest BCUT2D eigenvalue weighted by Gasteiger charge is 2.23. The number of nitrogen functional groups attached to an aromatic ring is 1. The Bertz CT molecular complexity index is 611. The predicted molar refractivity (Wildman–Crippen MR) is 81.4 cm³/mol. The van der Waals surface area contributed by atoms with Crippen LogP contribution < -0.4 is 10.5 Å². The van der Waals surface area contributed by atoms with Crippen molar-refractivity contribution in [2.45, 2.75) is 30.7 Å². The van der Waals surface area contributed by atoms with E-state index in [1.165, 1.54) is 12.1 Å². The molecule has 104 valence electrons. The van der Waals surface area contributed by atoms with Crippen molar-refractivity contribution >= 4 is 43.2 Å². The maximum absolute atomic E-state index is 12.3. The van der Waals surface area contributed by atoms with Gasteiger partial charge >= 0.3 is 0 Å². The minimum absolute atomic E-state index is 0.00738. The molecule has 0 aromatic heterocycles. The molecular weight excluding hydrogens is 352 g/mol. The minimum atomic E-state index is -3.73. The van der Waals surface area contributed by atoms with Gasteiger partial charge in [-0.05, 0) is 34.5 Å². The van der Waals surface area contributed by atoms with Crippen LogP contribution in [0.4, 0.5) is 5.69 Å². The average molecular weight is 366 g/mol. The van der Waals surface area contributed by atoms with Gasteiger partial charge in [-0.25, -0.2) is 13.1 Å². The van der Waals surface area contributed by atoms with Crippen LogP contribution >= 0.6 is 27.5 Å². The molecule has 4 nitrogen and oxygen atoms in total. The van der Waals surface area contributed by atoms with Crippen molar-refractivity contribution in [2.75, 3.05) is 5.73 Å². The maximum atomic E-state index is 12.3. The number of halogens is 2. The fourth-order valence-corrected chi connectivity index (χ4v) is 4.09. The second-order valence-corrected chi connectivity index (χ2v) is 6.85. The first-order valence-corrected chi connectivity index (χ1v) is 8.17. The van der Waals surface area contributed by atoms with E-state index in [2.05, 4.69) is 26.6 Å². The fourth-order valence-electron chi connectivity index (χ4n) is 1.47. The van der Waals surface area contributed by atoms with E-state index in [-0.39, 0.29) is 21.6 Å². The molecule has 1 rings (SSSR count). The first kappa shape index (κ1) is 16.3. The lowest BCUT2D eigenvalue weighted by molar-refractivity contribution is 0.543. The van der Waals surface area contributed by atoms with Gasteiger partial charge in [-0.2, -0.15) is 0 Å². The maximum Gasteiger partial charge on any atom is 0.242 e. The Balaban J connectivity index is 3.18. The molecule has 1 aromatic carbocycles. The second-order valence-electron chi connectivity index (χ2n) is 3.94. The van der Waals surface area contributed by atoms with Crippen LogP contribution in [0, 0.1) is 12.3 Å². The molecule has 1 aromatic rings. The Morgan fingerprint density at radius 2 is 2.21 bits per heavy atom. The van der Waals surface area contributed by atoms with Crippen LogP contribution in [-0.2, 0) is 10.0 Å². The van der Waals surface area contributed by atoms with E-state index >= 15 is 0 Å². The van der Waals surface area contributed by atoms with Gasteiger partial charge in [0, 0.05) is 23.2 Å². The molecule has 0 aliphatic heterocycles. The molecule has 0 saturated heterocycles. The van der Waals surface area contributed by atoms with Crippen LogP contribution in [0.1, 0.15) is 19.8 Å². The molecule has 0 amide bonds. The number of rotatable bonds is 5. The van der Waals surface area contributed by atoms with Gasteiger partial charge in [0.25, 0.3) is 0 Å². The van der Waals surface area contributed by atoms with Crippen LogP contribution in [-0.4, -0.2) is 14.5 Å². The smallest absolute Gasteiger partial charge is 0.242 e. The van der Waals surface area contributed by atoms with Gasteiger partial charge in [-0.15, -0.1) is 12.3 Å². The van der Waals surface area contributed by atoms with Gasteiger partial charge in [0.2, 0.25) is 10.0 Å². The van der Waals surface area contributed by atoms with E-state index in [0.717, 1.165) is 0 Å². The molecule has 0 fully saturated rings. The molecule has 19 heavy (non-hydrogen) atoms. The minimum Gasteiger partial charge on any atom is -0.398 e. The van der Waals surface area contributed by atoms with E-state index in [1.54, 1.807) is 0 Å². The number of terminal acetylenes is 1. The second kappa shape index (κ2) is 6.62. The molecule has 0 saturated carbocycles. The number of nitrogens with one attached hydrogen (secondary N) is 1. The number of sulfonamides is 1. The van der Waals surface area contributed by atoms with Crippen LogP contribution in [0.2, 0.25) is 5.02 Å². The first-order valence-electron chi connectivity index (χ1n) is 5.52. The molecule has 0 heterocycles. The quantitative estimate of drug-likeness (QED) is 0.622. The summed E-state index contributed by atoms with van der Waals surface area (Å²) in [6.45, 7) is 1.85. The molecule has 0 radical (unpaired) electrons. The van der Waals surface area contributed by atoms with E-state index < -0.39 is 10.0 Å². The summed E-state index contributed by atoms with van der Waals surface area (Å²) >= 11 is 8.99. The third kappa shape index (κ3) is 4.11. The van der Waals surface area contributed by atoms with Crippen molar-refractivity contribution in [2.24, 2.45) is 0 Å². The monoisotopic (exact) mass is 364 g/mol. The van der Waals surface area contributed by atoms with E-state index in [0.29, 0.717) is 17.3 Å². The summed E-state index contributed by atoms with van der Waals surface area (Å²) < 4.78 is 27.4. The summed E-state index contributed by atoms with van der Waals surface area (Å²) in [5.74, 6) is 2.44. The number of anilines is 1. The zero-order valence-corrected chi connectivity index (χ0v) is 13.4. The molecule has 1 atom stereocenters. The highest BCUT2D eigenvalue weighted by atomic mass is 79.9. The summed E-state index contributed by atoms with van der Waals surface area (Å²) in [6.07, 6.45) is 6.12. The summed E-state index contributed by atoms with van der Waals surface area (Å²) in [5, 5.41) is 0.256. The van der Waals surface area contributed by atoms with Gasteiger partial charge in [0.1, 0.15) is 0 Å². The highest BCUT2D eigenvalue weighted by Crippen LogP contribution is 2.31. The van der Waals surface area contributed by atoms with Crippen molar-refractivity contribution in [1.29, 1.82) is 0 Å². The lowest BCUT2D eigenvalue weighted by atomic mass is 10.2. The molecular formula is C12H14BrClN2O2S. The number of hydrogen-bond acceptors (Lipinski definition) is 3. The summed E-state index contributed by atoms with van der Waals surface area (Å²) in [7, 11) is -3.73. The van der Waals surface area contributed by atoms with Crippen LogP contribution in [0.3, 0.4) is 0 Å². The van der Waals surface area contributed by atoms with Crippen molar-refractivity contribution in [1.82, 2.24) is 4.72 Å². The molecule has 0 spiro atoms. The summed E-state index contributed by atoms with van der Waals surface area (Å²) in [4.78, 5) is 0.00738. The van der Waals surface area contributed by atoms with Gasteiger partial charge in [0.05, 0.1) is 9.37 Å². The van der Waals surface area contributed by atoms with Crippen molar-refractivity contribution in [3.8, 4) is 12.3 Å². The molecule has 1 unspecified atom stereocenters. The largest absolute Gasteiger partial charge is 0.398 e. The summed E-state index contributed by atoms with van der Waals surface area (Å²) in [5.41, 5.74) is 5.95. The van der Waals surface area contributed by atoms with E-state index in [1.807, 2.05) is 6.92 Å². The lowest BCUT2D eigenvalue weighted by Crippen LogP contribution is -2.34. The Kier molecular flexibility index (Phi) is 5.68. The standard InChI is InChI=1S/C12H14BrClN2O2S/c1-3-5-9(4-2)16-19(17,18)11-7-8(14)6-10(15)12(11)13/h1,6-7,9,16H,4-5,15H2,2H3. The van der Waals surface area contributed by atoms with Crippen LogP contribution in [0.25, 0.3) is 0 Å². The molecule has 0 aliphatic carbocycles. The Morgan fingerprint density at radius 3 is 2.74 bits per heavy atom. The zero-order chi connectivity index (χ0) is 14.6. The topological polar surface area (TPSA) is 72.2 Å². The van der Waals surface area contributed by atoms with E-state index in [9.17, 15) is 8.42 Å². The van der Waals surface area contributed by atoms with Gasteiger partial charge in [-0.3, -0.25) is 0 Å². The third-order valence-electron chi connectivity index (χ3n) is 2.50. The van der Waals surface area contributed by atoms with Crippen molar-refractivity contribution in [3.63, 3.8) is 0 Å². The SMILES string of the molecule is C#CCC(CC)NS(=O)(=O)c1cc(Cl)cc(N)c1Br. The third-order valence-corrected chi connectivity index (χ3v) is 5.41. The van der Waals surface area contributed by atoms with Gasteiger partial charge < -0.3 is 5.73 Å². The number of hydrogen-bond donors (Lipinski definition) is 2. The average Bonchev–Trinajstić information content (AvgIpc) is 2.32. The number of nitrogens with two attached hydrogens (primary N) is 1. The van der Waals surface area contributed by atoms with Crippen molar-refractivity contribution in [3.05, 3.63) is 21.6 Å². The highest BCUT2D eigenvalue weighted by molar-refractivity contribution is 9.10. The number of benzene rings is 1. The van der Waals surface area contributed by atoms with Gasteiger partial charge in [0.15, 0.2) is 0 Å². The Labute approximate surface area is 126 Å².